The molecule has 1 aliphatic heterocycles. The zero-order chi connectivity index (χ0) is 23.4. The highest BCUT2D eigenvalue weighted by Crippen LogP contribution is 2.31. The number of pyridine rings is 1. The molecule has 1 amide bonds. The number of aromatic nitrogens is 3. The van der Waals surface area contributed by atoms with Gasteiger partial charge in [-0.05, 0) is 44.0 Å². The molecule has 0 saturated carbocycles. The molecule has 3 aromatic rings. The van der Waals surface area contributed by atoms with Gasteiger partial charge in [0.25, 0.3) is 0 Å². The van der Waals surface area contributed by atoms with Crippen LogP contribution in [0.1, 0.15) is 44.0 Å². The summed E-state index contributed by atoms with van der Waals surface area (Å²) in [6.45, 7) is 4.27. The van der Waals surface area contributed by atoms with Gasteiger partial charge in [0.05, 0.1) is 5.69 Å². The first-order chi connectivity index (χ1) is 15.9. The standard InChI is InChI=1S/C24H26N8O/c1-15-8-9-19(14-32(15)16(2)33)24-29-21(18-6-4-10-27-13-18)12-22(30-24)28-20-7-3-5-17(11-20)23(25)31-26/h3-7,10-13,15,19,25-26H,8-9,14H2,1-2H3,(H,28,29,30)/t15-,19+/m0/s1. The molecule has 33 heavy (non-hydrogen) atoms. The van der Waals surface area contributed by atoms with E-state index in [-0.39, 0.29) is 23.7 Å². The predicted octanol–water partition coefficient (Wildman–Crippen LogP) is 4.75. The minimum atomic E-state index is -0.112. The molecule has 0 bridgehead atoms. The zero-order valence-electron chi connectivity index (χ0n) is 18.6. The van der Waals surface area contributed by atoms with Crippen LogP contribution in [0.2, 0.25) is 0 Å². The van der Waals surface area contributed by atoms with E-state index in [1.165, 1.54) is 0 Å². The van der Waals surface area contributed by atoms with Crippen molar-refractivity contribution in [2.24, 2.45) is 5.11 Å². The molecule has 1 saturated heterocycles. The van der Waals surface area contributed by atoms with Crippen LogP contribution in [0.5, 0.6) is 0 Å². The molecule has 3 N–H and O–H groups in total. The summed E-state index contributed by atoms with van der Waals surface area (Å²) in [4.78, 5) is 27.9. The lowest BCUT2D eigenvalue weighted by atomic mass is 9.92. The fourth-order valence-corrected chi connectivity index (χ4v) is 4.09. The topological polar surface area (TPSA) is 131 Å². The Morgan fingerprint density at radius 2 is 2.03 bits per heavy atom. The highest BCUT2D eigenvalue weighted by atomic mass is 16.2. The maximum atomic E-state index is 12.1. The minimum Gasteiger partial charge on any atom is -0.340 e. The molecule has 0 radical (unpaired) electrons. The number of rotatable bonds is 5. The lowest BCUT2D eigenvalue weighted by molar-refractivity contribution is -0.132. The number of nitrogens with zero attached hydrogens (tertiary/aromatic N) is 5. The van der Waals surface area contributed by atoms with E-state index >= 15 is 0 Å². The first-order valence-corrected chi connectivity index (χ1v) is 10.8. The van der Waals surface area contributed by atoms with Crippen molar-refractivity contribution in [3.8, 4) is 11.3 Å². The number of amides is 1. The van der Waals surface area contributed by atoms with Gasteiger partial charge < -0.3 is 10.2 Å². The van der Waals surface area contributed by atoms with E-state index in [1.807, 2.05) is 29.2 Å². The fourth-order valence-electron chi connectivity index (χ4n) is 4.09. The summed E-state index contributed by atoms with van der Waals surface area (Å²) in [6, 6.07) is 13.0. The van der Waals surface area contributed by atoms with Gasteiger partial charge in [0.2, 0.25) is 5.91 Å². The summed E-state index contributed by atoms with van der Waals surface area (Å²) >= 11 is 0. The summed E-state index contributed by atoms with van der Waals surface area (Å²) in [7, 11) is 0. The summed E-state index contributed by atoms with van der Waals surface area (Å²) < 4.78 is 0. The molecule has 1 fully saturated rings. The van der Waals surface area contributed by atoms with Crippen LogP contribution >= 0.6 is 0 Å². The van der Waals surface area contributed by atoms with Crippen LogP contribution in [0.3, 0.4) is 0 Å². The van der Waals surface area contributed by atoms with E-state index in [0.717, 1.165) is 29.8 Å². The highest BCUT2D eigenvalue weighted by molar-refractivity contribution is 5.97. The second kappa shape index (κ2) is 9.64. The Balaban J connectivity index is 1.71. The molecule has 0 aliphatic carbocycles. The SMILES string of the molecule is CC(=O)N1C[C@H](c2nc(Nc3cccc(C(=N)N=N)c3)cc(-c3cccnc3)n2)CC[C@@H]1C. The van der Waals surface area contributed by atoms with Crippen LogP contribution < -0.4 is 5.32 Å². The Labute approximate surface area is 192 Å². The Bertz CT molecular complexity index is 1180. The number of likely N-dealkylation sites (tertiary alicyclic amines) is 1. The van der Waals surface area contributed by atoms with Crippen LogP contribution in [0.25, 0.3) is 11.3 Å². The lowest BCUT2D eigenvalue weighted by Gasteiger charge is -2.37. The number of benzene rings is 1. The highest BCUT2D eigenvalue weighted by Gasteiger charge is 2.30. The molecule has 9 heteroatoms. The maximum absolute atomic E-state index is 12.1. The molecule has 4 rings (SSSR count). The summed E-state index contributed by atoms with van der Waals surface area (Å²) in [5, 5.41) is 14.3. The zero-order valence-corrected chi connectivity index (χ0v) is 18.6. The number of hydrogen-bond donors (Lipinski definition) is 3. The molecule has 0 unspecified atom stereocenters. The molecule has 168 valence electrons. The molecule has 3 heterocycles. The van der Waals surface area contributed by atoms with Gasteiger partial charge in [-0.2, -0.15) is 0 Å². The number of carbonyl (C=O) groups excluding carboxylic acids is 1. The van der Waals surface area contributed by atoms with Gasteiger partial charge in [0.15, 0.2) is 5.84 Å². The number of piperidine rings is 1. The number of nitrogens with one attached hydrogen (secondary N) is 3. The van der Waals surface area contributed by atoms with Crippen molar-refractivity contribution in [2.45, 2.75) is 38.6 Å². The Kier molecular flexibility index (Phi) is 6.48. The minimum absolute atomic E-state index is 0.0314. The molecular formula is C24H26N8O. The third-order valence-electron chi connectivity index (χ3n) is 5.87. The molecule has 2 atom stereocenters. The van der Waals surface area contributed by atoms with Gasteiger partial charge in [-0.1, -0.05) is 12.1 Å². The van der Waals surface area contributed by atoms with Gasteiger partial charge in [-0.3, -0.25) is 15.2 Å². The van der Waals surface area contributed by atoms with E-state index in [1.54, 1.807) is 37.5 Å². The Morgan fingerprint density at radius 1 is 1.18 bits per heavy atom. The fraction of sp³-hybridized carbons (Fsp3) is 0.292. The first-order valence-electron chi connectivity index (χ1n) is 10.8. The van der Waals surface area contributed by atoms with Crippen molar-refractivity contribution >= 4 is 23.2 Å². The molecule has 2 aromatic heterocycles. The molecular weight excluding hydrogens is 416 g/mol. The van der Waals surface area contributed by atoms with E-state index in [9.17, 15) is 4.79 Å². The van der Waals surface area contributed by atoms with Crippen molar-refractivity contribution in [3.63, 3.8) is 0 Å². The van der Waals surface area contributed by atoms with Gasteiger partial charge >= 0.3 is 0 Å². The van der Waals surface area contributed by atoms with Crippen molar-refractivity contribution < 1.29 is 4.79 Å². The van der Waals surface area contributed by atoms with Crippen molar-refractivity contribution in [3.05, 3.63) is 66.2 Å². The van der Waals surface area contributed by atoms with Crippen LogP contribution in [0, 0.1) is 10.9 Å². The molecule has 1 aliphatic rings. The van der Waals surface area contributed by atoms with E-state index in [4.69, 9.17) is 20.9 Å². The second-order valence-electron chi connectivity index (χ2n) is 8.20. The Morgan fingerprint density at radius 3 is 2.76 bits per heavy atom. The summed E-state index contributed by atoms with van der Waals surface area (Å²) in [6.07, 6.45) is 5.28. The summed E-state index contributed by atoms with van der Waals surface area (Å²) in [5.41, 5.74) is 9.97. The molecule has 9 nitrogen and oxygen atoms in total. The monoisotopic (exact) mass is 442 g/mol. The van der Waals surface area contributed by atoms with Crippen molar-refractivity contribution in [1.82, 2.24) is 19.9 Å². The second-order valence-corrected chi connectivity index (χ2v) is 8.20. The number of amidine groups is 1. The predicted molar refractivity (Wildman–Crippen MR) is 126 cm³/mol. The van der Waals surface area contributed by atoms with Gasteiger partial charge in [0.1, 0.15) is 11.6 Å². The van der Waals surface area contributed by atoms with E-state index < -0.39 is 0 Å². The summed E-state index contributed by atoms with van der Waals surface area (Å²) in [5.74, 6) is 1.27. The van der Waals surface area contributed by atoms with E-state index in [2.05, 4.69) is 22.3 Å². The van der Waals surface area contributed by atoms with Gasteiger partial charge in [-0.25, -0.2) is 15.5 Å². The van der Waals surface area contributed by atoms with Crippen LogP contribution in [0.4, 0.5) is 11.5 Å². The Hall–Kier alpha value is -4.01. The average molecular weight is 443 g/mol. The maximum Gasteiger partial charge on any atom is 0.219 e. The normalized spacial score (nSPS) is 17.9. The smallest absolute Gasteiger partial charge is 0.219 e. The first kappa shape index (κ1) is 22.2. The number of carbonyl (C=O) groups is 1. The third kappa shape index (κ3) is 5.08. The third-order valence-corrected chi connectivity index (χ3v) is 5.87. The van der Waals surface area contributed by atoms with Gasteiger partial charge in [0, 0.05) is 60.7 Å². The van der Waals surface area contributed by atoms with Crippen LogP contribution in [-0.4, -0.2) is 44.2 Å². The van der Waals surface area contributed by atoms with Crippen molar-refractivity contribution in [1.29, 1.82) is 10.9 Å². The number of hydrogen-bond acceptors (Lipinski definition) is 7. The number of anilines is 2. The average Bonchev–Trinajstić information content (AvgIpc) is 2.84. The van der Waals surface area contributed by atoms with E-state index in [0.29, 0.717) is 23.8 Å². The quantitative estimate of drug-likeness (QED) is 0.298. The van der Waals surface area contributed by atoms with Crippen molar-refractivity contribution in [2.75, 3.05) is 11.9 Å². The molecule has 0 spiro atoms. The van der Waals surface area contributed by atoms with Gasteiger partial charge in [-0.15, -0.1) is 5.11 Å². The van der Waals surface area contributed by atoms with Crippen LogP contribution in [0.15, 0.2) is 60.0 Å². The lowest BCUT2D eigenvalue weighted by Crippen LogP contribution is -2.44. The largest absolute Gasteiger partial charge is 0.340 e. The van der Waals surface area contributed by atoms with Crippen LogP contribution in [-0.2, 0) is 4.79 Å². The molecule has 1 aromatic carbocycles.